The van der Waals surface area contributed by atoms with Crippen LogP contribution in [0.5, 0.6) is 0 Å². The molecule has 9 heteroatoms. The summed E-state index contributed by atoms with van der Waals surface area (Å²) >= 11 is 11.2. The summed E-state index contributed by atoms with van der Waals surface area (Å²) in [6.07, 6.45) is 0. The Bertz CT molecular complexity index is 9060. The summed E-state index contributed by atoms with van der Waals surface area (Å²) < 4.78 is 15.9. The molecule has 0 amide bonds. The Labute approximate surface area is 781 Å². The first-order valence-electron chi connectivity index (χ1n) is 44.2. The lowest BCUT2D eigenvalue weighted by atomic mass is 10.0. The van der Waals surface area contributed by atoms with Crippen LogP contribution in [0.15, 0.2) is 467 Å². The van der Waals surface area contributed by atoms with Crippen LogP contribution in [0.1, 0.15) is 0 Å². The molecule has 27 aromatic rings. The zero-order valence-electron chi connectivity index (χ0n) is 70.7. The Morgan fingerprint density at radius 2 is 0.359 bits per heavy atom. The number of fused-ring (bicyclic) bond motifs is 20. The van der Waals surface area contributed by atoms with Crippen LogP contribution >= 0.6 is 68.0 Å². The molecule has 0 aliphatic heterocycles. The fourth-order valence-corrected chi connectivity index (χ4v) is 25.8. The lowest BCUT2D eigenvalue weighted by Gasteiger charge is -2.27. The van der Waals surface area contributed by atoms with Crippen LogP contribution in [0.25, 0.3) is 187 Å². The van der Waals surface area contributed by atoms with E-state index in [0.29, 0.717) is 0 Å². The van der Waals surface area contributed by atoms with Crippen LogP contribution in [0.2, 0.25) is 0 Å². The average Bonchev–Trinajstić information content (AvgIpc) is 1.73. The first-order chi connectivity index (χ1) is 64.9. The third kappa shape index (κ3) is 14.5. The number of hydrogen-bond acceptors (Lipinski definition) is 9. The molecule has 21 aromatic carbocycles. The molecular formula is C122H77N3S6. The SMILES string of the molecule is c1ccc(-c2ccc(N(c3ccc(-c4ccc5sc6ccccc6c5c4)cc3)c3ccc4c(c3)sc3ccccc34)cc2)cc1.c1ccc2c(N(c3ccc(-c4ccc5sc6ccccc6c5c4)cc3)c3ccc4c(c3)sc3ccccc34)cccc2c1.c1ccc2cc(N(c3ccc(-c4ccc5sc6ccccc6c5c4)cc3)c3ccc4c(c3)sc3ccccc34)ccc2c1. The molecule has 0 N–H and O–H groups in total. The largest absolute Gasteiger partial charge is 0.310 e. The molecule has 0 aliphatic carbocycles. The van der Waals surface area contributed by atoms with Crippen molar-refractivity contribution in [2.24, 2.45) is 0 Å². The molecular weight excluding hydrogens is 1700 g/mol. The Hall–Kier alpha value is -15.1. The van der Waals surface area contributed by atoms with E-state index in [1.54, 1.807) is 0 Å². The van der Waals surface area contributed by atoms with Gasteiger partial charge >= 0.3 is 0 Å². The van der Waals surface area contributed by atoms with Crippen LogP contribution < -0.4 is 14.7 Å². The molecule has 27 rings (SSSR count). The second kappa shape index (κ2) is 33.2. The minimum atomic E-state index is 1.13. The molecule has 0 fully saturated rings. The molecule has 3 nitrogen and oxygen atoms in total. The summed E-state index contributed by atoms with van der Waals surface area (Å²) in [5.74, 6) is 0. The number of nitrogens with zero attached hydrogens (tertiary/aromatic N) is 3. The molecule has 0 saturated carbocycles. The first kappa shape index (κ1) is 78.1. The molecule has 0 unspecified atom stereocenters. The summed E-state index contributed by atoms with van der Waals surface area (Å²) in [6.45, 7) is 0. The van der Waals surface area contributed by atoms with Gasteiger partial charge in [0, 0.05) is 172 Å². The summed E-state index contributed by atoms with van der Waals surface area (Å²) in [5, 5.41) is 20.9. The van der Waals surface area contributed by atoms with Gasteiger partial charge in [-0.1, -0.05) is 291 Å². The molecule has 6 heterocycles. The topological polar surface area (TPSA) is 9.72 Å². The van der Waals surface area contributed by atoms with E-state index >= 15 is 0 Å². The van der Waals surface area contributed by atoms with Gasteiger partial charge < -0.3 is 14.7 Å². The van der Waals surface area contributed by atoms with Gasteiger partial charge in [-0.2, -0.15) is 0 Å². The number of benzene rings is 21. The smallest absolute Gasteiger partial charge is 0.0540 e. The molecule has 616 valence electrons. The van der Waals surface area contributed by atoms with Gasteiger partial charge in [0.2, 0.25) is 0 Å². The van der Waals surface area contributed by atoms with E-state index in [1.807, 2.05) is 68.0 Å². The van der Waals surface area contributed by atoms with Gasteiger partial charge in [-0.3, -0.25) is 0 Å². The number of anilines is 9. The van der Waals surface area contributed by atoms with Crippen molar-refractivity contribution in [1.29, 1.82) is 0 Å². The second-order valence-corrected chi connectivity index (χ2v) is 39.9. The first-order valence-corrected chi connectivity index (χ1v) is 49.1. The van der Waals surface area contributed by atoms with Gasteiger partial charge in [-0.05, 0) is 237 Å². The van der Waals surface area contributed by atoms with Crippen molar-refractivity contribution in [2.45, 2.75) is 0 Å². The zero-order chi connectivity index (χ0) is 86.4. The van der Waals surface area contributed by atoms with Crippen LogP contribution in [-0.4, -0.2) is 0 Å². The van der Waals surface area contributed by atoms with Crippen molar-refractivity contribution in [3.8, 4) is 44.5 Å². The number of hydrogen-bond donors (Lipinski definition) is 0. The summed E-state index contributed by atoms with van der Waals surface area (Å²) in [4.78, 5) is 7.17. The standard InChI is InChI=1S/C42H27NS2.2C40H25NS2/c1-2-8-28(9-3-1)29-14-19-32(20-15-29)43(34-23-24-37-35-10-4-6-12-39(35)45-42(37)27-34)33-21-16-30(17-22-33)31-18-25-41-38(26-31)36-11-5-7-13-40(36)44-41;1-2-10-31-27(8-1)9-7-13-36(31)41(30-21-22-34-32-11-3-5-14-37(32)43-40(34)25-30)29-19-16-26(17-20-29)28-18-23-39-35(24-28)33-12-4-6-15-38(33)42-39;1-2-8-28-23-31(19-15-26(28)7-1)41(32-20-21-35-33-9-3-5-11-37(33)43-40(35)25-32)30-17-13-27(14-18-30)29-16-22-39-36(24-29)34-10-4-6-12-38(34)42-39/h1-27H;2*1-25H. The summed E-state index contributed by atoms with van der Waals surface area (Å²) in [5.41, 5.74) is 20.2. The van der Waals surface area contributed by atoms with E-state index in [0.717, 1.165) is 45.5 Å². The Morgan fingerprint density at radius 3 is 0.756 bits per heavy atom. The average molecular weight is 1780 g/mol. The second-order valence-electron chi connectivity index (χ2n) is 33.4. The molecule has 131 heavy (non-hydrogen) atoms. The molecule has 0 saturated heterocycles. The minimum absolute atomic E-state index is 1.13. The Balaban J connectivity index is 0.000000106. The molecule has 6 aromatic heterocycles. The Kier molecular flexibility index (Phi) is 19.8. The van der Waals surface area contributed by atoms with Crippen molar-refractivity contribution in [2.75, 3.05) is 14.7 Å². The maximum absolute atomic E-state index is 2.41. The third-order valence-electron chi connectivity index (χ3n) is 25.6. The maximum atomic E-state index is 2.41. The highest BCUT2D eigenvalue weighted by molar-refractivity contribution is 7.28. The fraction of sp³-hybridized carbons (Fsp3) is 0. The van der Waals surface area contributed by atoms with Gasteiger partial charge in [0.15, 0.2) is 0 Å². The highest BCUT2D eigenvalue weighted by Crippen LogP contribution is 2.49. The van der Waals surface area contributed by atoms with Crippen molar-refractivity contribution >= 4 is 262 Å². The lowest BCUT2D eigenvalue weighted by molar-refractivity contribution is 1.29. The fourth-order valence-electron chi connectivity index (χ4n) is 19.2. The number of rotatable bonds is 13. The van der Waals surface area contributed by atoms with Crippen LogP contribution in [0, 0.1) is 0 Å². The third-order valence-corrected chi connectivity index (χ3v) is 32.5. The quantitative estimate of drug-likeness (QED) is 0.114. The van der Waals surface area contributed by atoms with E-state index in [1.165, 1.54) is 193 Å². The highest BCUT2D eigenvalue weighted by atomic mass is 32.1. The van der Waals surface area contributed by atoms with Gasteiger partial charge in [0.25, 0.3) is 0 Å². The maximum Gasteiger partial charge on any atom is 0.0540 e. The van der Waals surface area contributed by atoms with E-state index in [2.05, 4.69) is 482 Å². The van der Waals surface area contributed by atoms with Gasteiger partial charge in [0.05, 0.1) is 5.69 Å². The van der Waals surface area contributed by atoms with Gasteiger partial charge in [0.1, 0.15) is 0 Å². The normalized spacial score (nSPS) is 11.7. The van der Waals surface area contributed by atoms with Crippen LogP contribution in [-0.2, 0) is 0 Å². The molecule has 0 atom stereocenters. The Morgan fingerprint density at radius 1 is 0.115 bits per heavy atom. The molecule has 0 radical (unpaired) electrons. The predicted molar refractivity (Wildman–Crippen MR) is 577 cm³/mol. The van der Waals surface area contributed by atoms with E-state index in [4.69, 9.17) is 0 Å². The van der Waals surface area contributed by atoms with Gasteiger partial charge in [-0.15, -0.1) is 68.0 Å². The zero-order valence-corrected chi connectivity index (χ0v) is 75.6. The van der Waals surface area contributed by atoms with Gasteiger partial charge in [-0.25, -0.2) is 0 Å². The lowest BCUT2D eigenvalue weighted by Crippen LogP contribution is -2.10. The summed E-state index contributed by atoms with van der Waals surface area (Å²) in [7, 11) is 0. The molecule has 0 spiro atoms. The minimum Gasteiger partial charge on any atom is -0.310 e. The monoisotopic (exact) mass is 1780 g/mol. The van der Waals surface area contributed by atoms with Crippen molar-refractivity contribution in [3.63, 3.8) is 0 Å². The van der Waals surface area contributed by atoms with Crippen LogP contribution in [0.3, 0.4) is 0 Å². The van der Waals surface area contributed by atoms with Crippen molar-refractivity contribution < 1.29 is 0 Å². The molecule has 0 bridgehead atoms. The van der Waals surface area contributed by atoms with Crippen molar-refractivity contribution in [1.82, 2.24) is 0 Å². The number of thiophene rings is 6. The molecule has 0 aliphatic rings. The highest BCUT2D eigenvalue weighted by Gasteiger charge is 2.23. The van der Waals surface area contributed by atoms with Crippen LogP contribution in [0.4, 0.5) is 51.2 Å². The summed E-state index contributed by atoms with van der Waals surface area (Å²) in [6, 6.07) is 171. The van der Waals surface area contributed by atoms with E-state index < -0.39 is 0 Å². The van der Waals surface area contributed by atoms with Crippen molar-refractivity contribution in [3.05, 3.63) is 467 Å². The van der Waals surface area contributed by atoms with E-state index in [9.17, 15) is 0 Å². The van der Waals surface area contributed by atoms with E-state index in [-0.39, 0.29) is 0 Å². The predicted octanol–water partition coefficient (Wildman–Crippen LogP) is 38.7.